The molecular weight excluding hydrogens is 448 g/mol. The maximum Gasteiger partial charge on any atom is 0.266 e. The summed E-state index contributed by atoms with van der Waals surface area (Å²) in [5, 5.41) is 6.20. The molecule has 0 fully saturated rings. The Kier molecular flexibility index (Phi) is 6.61. The average molecular weight is 475 g/mol. The summed E-state index contributed by atoms with van der Waals surface area (Å²) >= 11 is 1.17. The van der Waals surface area contributed by atoms with Crippen molar-refractivity contribution in [3.63, 3.8) is 0 Å². The van der Waals surface area contributed by atoms with Crippen molar-refractivity contribution in [1.29, 1.82) is 0 Å². The highest BCUT2D eigenvalue weighted by Crippen LogP contribution is 2.28. The molecule has 1 atom stereocenters. The largest absolute Gasteiger partial charge is 0.324 e. The number of rotatable bonds is 6. The second-order valence-electron chi connectivity index (χ2n) is 8.19. The summed E-state index contributed by atoms with van der Waals surface area (Å²) in [6.45, 7) is 7.45. The molecule has 2 heterocycles. The Morgan fingerprint density at radius 1 is 1.00 bits per heavy atom. The molecule has 2 amide bonds. The number of fused-ring (bicyclic) bond motifs is 1. The number of amides is 2. The van der Waals surface area contributed by atoms with Crippen molar-refractivity contribution in [3.8, 4) is 0 Å². The molecule has 7 nitrogen and oxygen atoms in total. The van der Waals surface area contributed by atoms with Crippen LogP contribution in [0.4, 0.5) is 11.4 Å². The molecule has 0 saturated carbocycles. The van der Waals surface area contributed by atoms with Crippen LogP contribution in [-0.2, 0) is 4.79 Å². The number of benzene rings is 2. The van der Waals surface area contributed by atoms with Crippen LogP contribution in [0.3, 0.4) is 0 Å². The molecule has 0 spiro atoms. The smallest absolute Gasteiger partial charge is 0.266 e. The molecule has 2 aromatic heterocycles. The maximum atomic E-state index is 13.5. The van der Waals surface area contributed by atoms with Gasteiger partial charge in [0.25, 0.3) is 11.5 Å². The van der Waals surface area contributed by atoms with Crippen LogP contribution >= 0.6 is 11.3 Å². The molecule has 0 bridgehead atoms. The van der Waals surface area contributed by atoms with Crippen molar-refractivity contribution in [3.05, 3.63) is 86.8 Å². The molecule has 8 heteroatoms. The van der Waals surface area contributed by atoms with E-state index in [-0.39, 0.29) is 17.4 Å². The van der Waals surface area contributed by atoms with Crippen LogP contribution in [0.5, 0.6) is 0 Å². The highest BCUT2D eigenvalue weighted by Gasteiger charge is 2.25. The van der Waals surface area contributed by atoms with E-state index in [1.54, 1.807) is 19.1 Å². The van der Waals surface area contributed by atoms with Crippen LogP contribution in [0.1, 0.15) is 45.7 Å². The Morgan fingerprint density at radius 2 is 1.68 bits per heavy atom. The number of anilines is 2. The van der Waals surface area contributed by atoms with Crippen molar-refractivity contribution in [2.45, 2.75) is 40.2 Å². The predicted molar refractivity (Wildman–Crippen MR) is 137 cm³/mol. The molecular formula is C26H26N4O3S. The number of hydrogen-bond donors (Lipinski definition) is 2. The van der Waals surface area contributed by atoms with Gasteiger partial charge in [0.05, 0.1) is 16.6 Å². The lowest BCUT2D eigenvalue weighted by Crippen LogP contribution is -2.33. The maximum absolute atomic E-state index is 13.5. The van der Waals surface area contributed by atoms with E-state index in [2.05, 4.69) is 15.6 Å². The molecule has 1 unspecified atom stereocenters. The van der Waals surface area contributed by atoms with Crippen LogP contribution in [-0.4, -0.2) is 21.4 Å². The van der Waals surface area contributed by atoms with E-state index < -0.39 is 6.04 Å². The van der Waals surface area contributed by atoms with Crippen LogP contribution in [0.15, 0.2) is 59.7 Å². The van der Waals surface area contributed by atoms with Gasteiger partial charge in [0.1, 0.15) is 10.9 Å². The first-order valence-corrected chi connectivity index (χ1v) is 11.9. The highest BCUT2D eigenvalue weighted by molar-refractivity contribution is 7.20. The summed E-state index contributed by atoms with van der Waals surface area (Å²) in [5.74, 6) is -0.574. The van der Waals surface area contributed by atoms with Gasteiger partial charge in [-0.1, -0.05) is 43.3 Å². The zero-order valence-corrected chi connectivity index (χ0v) is 20.3. The molecule has 4 rings (SSSR count). The number of aryl methyl sites for hydroxylation is 3. The minimum absolute atomic E-state index is 0.280. The van der Waals surface area contributed by atoms with Gasteiger partial charge in [-0.05, 0) is 56.0 Å². The van der Waals surface area contributed by atoms with Gasteiger partial charge in [0, 0.05) is 11.4 Å². The molecule has 0 radical (unpaired) electrons. The van der Waals surface area contributed by atoms with Crippen molar-refractivity contribution < 1.29 is 9.59 Å². The Balaban J connectivity index is 1.68. The first-order valence-electron chi connectivity index (χ1n) is 11.1. The van der Waals surface area contributed by atoms with Gasteiger partial charge in [-0.15, -0.1) is 11.3 Å². The Bertz CT molecular complexity index is 1420. The lowest BCUT2D eigenvalue weighted by Gasteiger charge is -2.19. The third kappa shape index (κ3) is 4.36. The average Bonchev–Trinajstić information content (AvgIpc) is 3.16. The van der Waals surface area contributed by atoms with E-state index in [4.69, 9.17) is 0 Å². The molecule has 34 heavy (non-hydrogen) atoms. The van der Waals surface area contributed by atoms with Crippen LogP contribution in [0.25, 0.3) is 10.2 Å². The number of carbonyl (C=O) groups excluding carboxylic acids is 2. The second-order valence-corrected chi connectivity index (χ2v) is 9.19. The summed E-state index contributed by atoms with van der Waals surface area (Å²) < 4.78 is 1.36. The fraction of sp³-hybridized carbons (Fsp3) is 0.231. The molecule has 4 aromatic rings. The van der Waals surface area contributed by atoms with E-state index in [1.165, 1.54) is 22.2 Å². The van der Waals surface area contributed by atoms with Gasteiger partial charge >= 0.3 is 0 Å². The summed E-state index contributed by atoms with van der Waals surface area (Å²) in [6, 6.07) is 14.2. The Hall–Kier alpha value is -3.78. The van der Waals surface area contributed by atoms with Gasteiger partial charge in [-0.3, -0.25) is 19.0 Å². The zero-order valence-electron chi connectivity index (χ0n) is 19.5. The first kappa shape index (κ1) is 23.4. The highest BCUT2D eigenvalue weighted by atomic mass is 32.1. The van der Waals surface area contributed by atoms with E-state index in [1.807, 2.05) is 57.2 Å². The number of nitrogens with one attached hydrogen (secondary N) is 2. The predicted octanol–water partition coefficient (Wildman–Crippen LogP) is 5.23. The SMILES string of the molecule is CCC(C(=O)Nc1c(C)cccc1C)n1cnc2sc(C(=O)Nc3ccccc3)c(C)c2c1=O. The molecule has 174 valence electrons. The number of para-hydroxylation sites is 2. The molecule has 0 saturated heterocycles. The van der Waals surface area contributed by atoms with Crippen LogP contribution < -0.4 is 16.2 Å². The molecule has 0 aliphatic rings. The zero-order chi connectivity index (χ0) is 24.4. The van der Waals surface area contributed by atoms with E-state index in [0.29, 0.717) is 32.8 Å². The van der Waals surface area contributed by atoms with Crippen molar-refractivity contribution in [2.75, 3.05) is 10.6 Å². The standard InChI is InChI=1S/C26H26N4O3S/c1-5-19(23(31)29-21-15(2)10-9-11-16(21)3)30-14-27-25-20(26(30)33)17(4)22(34-25)24(32)28-18-12-7-6-8-13-18/h6-14,19H,5H2,1-4H3,(H,28,32)(H,29,31). The normalized spacial score (nSPS) is 11.9. The number of aromatic nitrogens is 2. The lowest BCUT2D eigenvalue weighted by molar-refractivity contribution is -0.119. The van der Waals surface area contributed by atoms with E-state index >= 15 is 0 Å². The number of thiophene rings is 1. The molecule has 0 aliphatic carbocycles. The van der Waals surface area contributed by atoms with Crippen molar-refractivity contribution >= 4 is 44.7 Å². The fourth-order valence-corrected chi connectivity index (χ4v) is 5.05. The summed E-state index contributed by atoms with van der Waals surface area (Å²) in [5.41, 5.74) is 3.55. The molecule has 2 aromatic carbocycles. The summed E-state index contributed by atoms with van der Waals surface area (Å²) in [7, 11) is 0. The monoisotopic (exact) mass is 474 g/mol. The summed E-state index contributed by atoms with van der Waals surface area (Å²) in [6.07, 6.45) is 1.81. The molecule has 2 N–H and O–H groups in total. The van der Waals surface area contributed by atoms with Gasteiger partial charge < -0.3 is 10.6 Å². The van der Waals surface area contributed by atoms with Gasteiger partial charge in [-0.25, -0.2) is 4.98 Å². The van der Waals surface area contributed by atoms with Crippen molar-refractivity contribution in [1.82, 2.24) is 9.55 Å². The van der Waals surface area contributed by atoms with Gasteiger partial charge in [0.2, 0.25) is 5.91 Å². The second kappa shape index (κ2) is 9.61. The Labute approximate surface area is 201 Å². The van der Waals surface area contributed by atoms with E-state index in [0.717, 1.165) is 16.8 Å². The van der Waals surface area contributed by atoms with Crippen LogP contribution in [0.2, 0.25) is 0 Å². The van der Waals surface area contributed by atoms with E-state index in [9.17, 15) is 14.4 Å². The third-order valence-corrected chi connectivity index (χ3v) is 7.07. The fourth-order valence-electron chi connectivity index (χ4n) is 4.01. The number of hydrogen-bond acceptors (Lipinski definition) is 5. The number of carbonyl (C=O) groups is 2. The van der Waals surface area contributed by atoms with Gasteiger partial charge in [-0.2, -0.15) is 0 Å². The minimum Gasteiger partial charge on any atom is -0.324 e. The molecule has 0 aliphatic heterocycles. The minimum atomic E-state index is -0.732. The quantitative estimate of drug-likeness (QED) is 0.400. The lowest BCUT2D eigenvalue weighted by atomic mass is 10.1. The first-order chi connectivity index (χ1) is 16.3. The van der Waals surface area contributed by atoms with Crippen molar-refractivity contribution in [2.24, 2.45) is 0 Å². The van der Waals surface area contributed by atoms with Gasteiger partial charge in [0.15, 0.2) is 0 Å². The van der Waals surface area contributed by atoms with Crippen LogP contribution in [0, 0.1) is 20.8 Å². The topological polar surface area (TPSA) is 93.1 Å². The Morgan fingerprint density at radius 3 is 2.32 bits per heavy atom. The number of nitrogens with zero attached hydrogens (tertiary/aromatic N) is 2. The summed E-state index contributed by atoms with van der Waals surface area (Å²) in [4.78, 5) is 44.8. The third-order valence-electron chi connectivity index (χ3n) is 5.87.